The number of hydrogen-bond acceptors (Lipinski definition) is 5. The molecule has 0 spiro atoms. The number of likely N-dealkylation sites (tertiary alicyclic amines) is 1. The van der Waals surface area contributed by atoms with Gasteiger partial charge in [-0.05, 0) is 33.6 Å². The summed E-state index contributed by atoms with van der Waals surface area (Å²) in [6.07, 6.45) is 0.513. The van der Waals surface area contributed by atoms with E-state index in [1.54, 1.807) is 9.96 Å². The molecule has 19 heavy (non-hydrogen) atoms. The zero-order valence-electron chi connectivity index (χ0n) is 12.1. The van der Waals surface area contributed by atoms with Crippen molar-refractivity contribution < 1.29 is 19.5 Å². The van der Waals surface area contributed by atoms with E-state index in [1.165, 1.54) is 0 Å². The van der Waals surface area contributed by atoms with Crippen molar-refractivity contribution in [3.05, 3.63) is 0 Å². The van der Waals surface area contributed by atoms with E-state index in [1.807, 2.05) is 27.8 Å². The molecule has 3 atom stereocenters. The highest BCUT2D eigenvalue weighted by atomic mass is 16.7. The molecule has 0 bridgehead atoms. The largest absolute Gasteiger partial charge is 0.444 e. The molecule has 2 aliphatic rings. The van der Waals surface area contributed by atoms with Crippen LogP contribution in [0.4, 0.5) is 4.79 Å². The van der Waals surface area contributed by atoms with E-state index in [9.17, 15) is 9.90 Å². The number of hydrogen-bond donors (Lipinski definition) is 1. The number of rotatable bonds is 1. The van der Waals surface area contributed by atoms with Crippen molar-refractivity contribution >= 4 is 6.09 Å². The van der Waals surface area contributed by atoms with Crippen molar-refractivity contribution in [1.82, 2.24) is 9.96 Å². The van der Waals surface area contributed by atoms with Crippen molar-refractivity contribution in [2.45, 2.75) is 57.5 Å². The summed E-state index contributed by atoms with van der Waals surface area (Å²) in [6, 6.07) is -0.102. The molecule has 0 aromatic heterocycles. The van der Waals surface area contributed by atoms with Crippen molar-refractivity contribution in [1.29, 1.82) is 0 Å². The normalized spacial score (nSPS) is 32.9. The van der Waals surface area contributed by atoms with E-state index in [2.05, 4.69) is 0 Å². The fourth-order valence-corrected chi connectivity index (χ4v) is 2.63. The molecule has 2 fully saturated rings. The Balaban J connectivity index is 2.03. The number of aliphatic hydroxyl groups excluding tert-OH is 1. The van der Waals surface area contributed by atoms with Crippen LogP contribution < -0.4 is 0 Å². The first-order valence-electron chi connectivity index (χ1n) is 6.82. The van der Waals surface area contributed by atoms with Gasteiger partial charge in [-0.15, -0.1) is 0 Å². The van der Waals surface area contributed by atoms with Crippen LogP contribution in [0.2, 0.25) is 0 Å². The summed E-state index contributed by atoms with van der Waals surface area (Å²) in [7, 11) is 1.88. The van der Waals surface area contributed by atoms with Gasteiger partial charge in [-0.1, -0.05) is 0 Å². The predicted octanol–water partition coefficient (Wildman–Crippen LogP) is 0.992. The summed E-state index contributed by atoms with van der Waals surface area (Å²) in [5.41, 5.74) is -0.525. The van der Waals surface area contributed by atoms with Crippen molar-refractivity contribution in [3.63, 3.8) is 0 Å². The zero-order chi connectivity index (χ0) is 14.2. The number of ether oxygens (including phenoxy) is 1. The Morgan fingerprint density at radius 2 is 2.11 bits per heavy atom. The minimum atomic E-state index is -0.525. The Kier molecular flexibility index (Phi) is 4.03. The van der Waals surface area contributed by atoms with E-state index in [0.717, 1.165) is 13.0 Å². The highest BCUT2D eigenvalue weighted by Gasteiger charge is 2.43. The van der Waals surface area contributed by atoms with Crippen LogP contribution in [0.15, 0.2) is 0 Å². The Hall–Kier alpha value is -0.850. The van der Waals surface area contributed by atoms with E-state index in [0.29, 0.717) is 13.0 Å². The third-order valence-electron chi connectivity index (χ3n) is 3.42. The molecule has 2 aliphatic heterocycles. The summed E-state index contributed by atoms with van der Waals surface area (Å²) in [5.74, 6) is 0. The molecule has 1 N–H and O–H groups in total. The molecule has 6 heteroatoms. The van der Waals surface area contributed by atoms with Crippen LogP contribution in [0.3, 0.4) is 0 Å². The fourth-order valence-electron chi connectivity index (χ4n) is 2.63. The van der Waals surface area contributed by atoms with Gasteiger partial charge in [-0.3, -0.25) is 9.74 Å². The quantitative estimate of drug-likeness (QED) is 0.771. The van der Waals surface area contributed by atoms with Crippen LogP contribution in [0.1, 0.15) is 33.6 Å². The van der Waals surface area contributed by atoms with E-state index in [4.69, 9.17) is 9.57 Å². The van der Waals surface area contributed by atoms with Gasteiger partial charge in [0.05, 0.1) is 18.7 Å². The lowest BCUT2D eigenvalue weighted by molar-refractivity contribution is -0.142. The molecular formula is C13H24N2O4. The van der Waals surface area contributed by atoms with Crippen LogP contribution in [0.25, 0.3) is 0 Å². The van der Waals surface area contributed by atoms with Crippen molar-refractivity contribution in [3.8, 4) is 0 Å². The average molecular weight is 272 g/mol. The second-order valence-corrected chi connectivity index (χ2v) is 6.37. The van der Waals surface area contributed by atoms with E-state index >= 15 is 0 Å². The SMILES string of the molecule is CN1CC[C@H]([C@@H]2C[C@@H](O)CN2C(=O)OC(C)(C)C)O1. The van der Waals surface area contributed by atoms with E-state index in [-0.39, 0.29) is 18.2 Å². The number of carbonyl (C=O) groups excluding carboxylic acids is 1. The number of aliphatic hydroxyl groups is 1. The minimum Gasteiger partial charge on any atom is -0.444 e. The van der Waals surface area contributed by atoms with Gasteiger partial charge < -0.3 is 9.84 Å². The Morgan fingerprint density at radius 3 is 2.63 bits per heavy atom. The Morgan fingerprint density at radius 1 is 1.42 bits per heavy atom. The third kappa shape index (κ3) is 3.58. The maximum atomic E-state index is 12.2. The van der Waals surface area contributed by atoms with Crippen molar-refractivity contribution in [2.75, 3.05) is 20.1 Å². The maximum absolute atomic E-state index is 12.2. The average Bonchev–Trinajstić information content (AvgIpc) is 2.81. The summed E-state index contributed by atoms with van der Waals surface area (Å²) in [5, 5.41) is 11.6. The molecule has 110 valence electrons. The summed E-state index contributed by atoms with van der Waals surface area (Å²) < 4.78 is 5.39. The van der Waals surface area contributed by atoms with Crippen LogP contribution in [0.5, 0.6) is 0 Å². The van der Waals surface area contributed by atoms with Gasteiger partial charge in [-0.2, -0.15) is 5.06 Å². The number of hydroxylamine groups is 2. The third-order valence-corrected chi connectivity index (χ3v) is 3.42. The van der Waals surface area contributed by atoms with Gasteiger partial charge in [0, 0.05) is 13.6 Å². The van der Waals surface area contributed by atoms with Gasteiger partial charge >= 0.3 is 6.09 Å². The second kappa shape index (κ2) is 5.26. The first-order chi connectivity index (χ1) is 8.76. The molecule has 0 aliphatic carbocycles. The molecule has 2 saturated heterocycles. The molecule has 2 heterocycles. The number of carbonyl (C=O) groups is 1. The molecule has 1 amide bonds. The first-order valence-corrected chi connectivity index (χ1v) is 6.82. The Bertz CT molecular complexity index is 342. The maximum Gasteiger partial charge on any atom is 0.410 e. The molecule has 0 radical (unpaired) electrons. The number of amides is 1. The number of β-amino-alcohol motifs (C(OH)–C–C–N with tert-alkyl or cyclic N) is 1. The van der Waals surface area contributed by atoms with Crippen LogP contribution in [0, 0.1) is 0 Å². The fraction of sp³-hybridized carbons (Fsp3) is 0.923. The monoisotopic (exact) mass is 272 g/mol. The zero-order valence-corrected chi connectivity index (χ0v) is 12.1. The van der Waals surface area contributed by atoms with Crippen LogP contribution in [-0.4, -0.2) is 65.2 Å². The van der Waals surface area contributed by atoms with Gasteiger partial charge in [-0.25, -0.2) is 4.79 Å². The highest BCUT2D eigenvalue weighted by molar-refractivity contribution is 5.69. The van der Waals surface area contributed by atoms with Gasteiger partial charge in [0.25, 0.3) is 0 Å². The van der Waals surface area contributed by atoms with Gasteiger partial charge in [0.2, 0.25) is 0 Å². The number of nitrogens with zero attached hydrogens (tertiary/aromatic N) is 2. The summed E-state index contributed by atoms with van der Waals surface area (Å²) in [4.78, 5) is 19.5. The molecule has 0 aromatic carbocycles. The molecule has 0 saturated carbocycles. The standard InChI is InChI=1S/C13H24N2O4/c1-13(2,3)18-12(17)15-8-9(16)7-10(15)11-5-6-14(4)19-11/h9-11,16H,5-8H2,1-4H3/t9-,10+,11-/m1/s1. The lowest BCUT2D eigenvalue weighted by atomic mass is 10.1. The van der Waals surface area contributed by atoms with Crippen molar-refractivity contribution in [2.24, 2.45) is 0 Å². The van der Waals surface area contributed by atoms with Crippen LogP contribution in [-0.2, 0) is 9.57 Å². The molecule has 2 rings (SSSR count). The molecule has 6 nitrogen and oxygen atoms in total. The lowest BCUT2D eigenvalue weighted by Crippen LogP contribution is -2.45. The smallest absolute Gasteiger partial charge is 0.410 e. The summed E-state index contributed by atoms with van der Waals surface area (Å²) >= 11 is 0. The highest BCUT2D eigenvalue weighted by Crippen LogP contribution is 2.29. The van der Waals surface area contributed by atoms with Crippen LogP contribution >= 0.6 is 0 Å². The predicted molar refractivity (Wildman–Crippen MR) is 69.5 cm³/mol. The second-order valence-electron chi connectivity index (χ2n) is 6.37. The van der Waals surface area contributed by atoms with Gasteiger partial charge in [0.15, 0.2) is 0 Å². The topological polar surface area (TPSA) is 62.2 Å². The summed E-state index contributed by atoms with van der Waals surface area (Å²) in [6.45, 7) is 6.69. The van der Waals surface area contributed by atoms with E-state index < -0.39 is 11.7 Å². The first kappa shape index (κ1) is 14.6. The minimum absolute atomic E-state index is 0.0466. The molecule has 0 unspecified atom stereocenters. The molecule has 0 aromatic rings. The Labute approximate surface area is 114 Å². The van der Waals surface area contributed by atoms with Gasteiger partial charge in [0.1, 0.15) is 11.7 Å². The lowest BCUT2D eigenvalue weighted by Gasteiger charge is -2.30. The molecular weight excluding hydrogens is 248 g/mol.